The molecule has 0 bridgehead atoms. The fourth-order valence-electron chi connectivity index (χ4n) is 2.58. The molecule has 1 aromatic carbocycles. The fourth-order valence-corrected chi connectivity index (χ4v) is 2.58. The van der Waals surface area contributed by atoms with Crippen LogP contribution in [0.5, 0.6) is 0 Å². The zero-order valence-electron chi connectivity index (χ0n) is 10.2. The van der Waals surface area contributed by atoms with Gasteiger partial charge in [0, 0.05) is 13.2 Å². The quantitative estimate of drug-likeness (QED) is 0.845. The molecule has 1 aliphatic carbocycles. The highest BCUT2D eigenvalue weighted by Crippen LogP contribution is 2.41. The molecule has 0 saturated heterocycles. The minimum atomic E-state index is 0.0572. The SMILES string of the molecule is COC1(CC(N)c2ccccc2C)CCC1. The van der Waals surface area contributed by atoms with Crippen molar-refractivity contribution in [3.63, 3.8) is 0 Å². The molecule has 88 valence electrons. The summed E-state index contributed by atoms with van der Waals surface area (Å²) in [5.74, 6) is 0. The van der Waals surface area contributed by atoms with Gasteiger partial charge in [0.1, 0.15) is 0 Å². The lowest BCUT2D eigenvalue weighted by Gasteiger charge is -2.42. The summed E-state index contributed by atoms with van der Waals surface area (Å²) in [7, 11) is 1.81. The summed E-state index contributed by atoms with van der Waals surface area (Å²) < 4.78 is 5.63. The van der Waals surface area contributed by atoms with E-state index in [2.05, 4.69) is 31.2 Å². The van der Waals surface area contributed by atoms with Gasteiger partial charge >= 0.3 is 0 Å². The van der Waals surface area contributed by atoms with Crippen molar-refractivity contribution in [2.45, 2.75) is 44.2 Å². The van der Waals surface area contributed by atoms with Gasteiger partial charge in [-0.2, -0.15) is 0 Å². The van der Waals surface area contributed by atoms with Gasteiger partial charge in [0.2, 0.25) is 0 Å². The molecule has 0 heterocycles. The average molecular weight is 219 g/mol. The van der Waals surface area contributed by atoms with Crippen LogP contribution in [0.3, 0.4) is 0 Å². The lowest BCUT2D eigenvalue weighted by atomic mass is 9.74. The summed E-state index contributed by atoms with van der Waals surface area (Å²) >= 11 is 0. The van der Waals surface area contributed by atoms with Crippen LogP contribution in [0.1, 0.15) is 42.9 Å². The molecule has 0 aliphatic heterocycles. The number of methoxy groups -OCH3 is 1. The average Bonchev–Trinajstić information content (AvgIpc) is 2.24. The summed E-state index contributed by atoms with van der Waals surface area (Å²) in [6.07, 6.45) is 4.52. The molecule has 2 N–H and O–H groups in total. The van der Waals surface area contributed by atoms with Crippen molar-refractivity contribution in [3.8, 4) is 0 Å². The predicted octanol–water partition coefficient (Wildman–Crippen LogP) is 2.95. The molecule has 1 saturated carbocycles. The van der Waals surface area contributed by atoms with E-state index in [0.717, 1.165) is 19.3 Å². The van der Waals surface area contributed by atoms with Gasteiger partial charge in [0.05, 0.1) is 5.60 Å². The molecule has 1 unspecified atom stereocenters. The molecule has 2 rings (SSSR count). The standard InChI is InChI=1S/C14H21NO/c1-11-6-3-4-7-12(11)13(15)10-14(16-2)8-5-9-14/h3-4,6-7,13H,5,8-10,15H2,1-2H3. The Bertz CT molecular complexity index is 352. The molecule has 1 aliphatic rings. The van der Waals surface area contributed by atoms with Gasteiger partial charge in [-0.1, -0.05) is 24.3 Å². The number of nitrogens with two attached hydrogens (primary N) is 1. The van der Waals surface area contributed by atoms with Crippen molar-refractivity contribution in [2.75, 3.05) is 7.11 Å². The predicted molar refractivity (Wildman–Crippen MR) is 66.3 cm³/mol. The summed E-state index contributed by atoms with van der Waals surface area (Å²) in [4.78, 5) is 0. The number of benzene rings is 1. The van der Waals surface area contributed by atoms with Crippen LogP contribution in [0.15, 0.2) is 24.3 Å². The molecule has 0 amide bonds. The Morgan fingerprint density at radius 3 is 2.56 bits per heavy atom. The van der Waals surface area contributed by atoms with Crippen molar-refractivity contribution >= 4 is 0 Å². The molecule has 1 aromatic rings. The Kier molecular flexibility index (Phi) is 3.31. The molecule has 1 atom stereocenters. The lowest BCUT2D eigenvalue weighted by molar-refractivity contribution is -0.0817. The van der Waals surface area contributed by atoms with Crippen LogP contribution < -0.4 is 5.73 Å². The van der Waals surface area contributed by atoms with Crippen LogP contribution in [0.25, 0.3) is 0 Å². The summed E-state index contributed by atoms with van der Waals surface area (Å²) in [5.41, 5.74) is 8.88. The maximum absolute atomic E-state index is 6.29. The lowest BCUT2D eigenvalue weighted by Crippen LogP contribution is -2.41. The smallest absolute Gasteiger partial charge is 0.0696 e. The second-order valence-electron chi connectivity index (χ2n) is 4.91. The first kappa shape index (κ1) is 11.6. The summed E-state index contributed by atoms with van der Waals surface area (Å²) in [6.45, 7) is 2.12. The van der Waals surface area contributed by atoms with E-state index >= 15 is 0 Å². The molecule has 2 nitrogen and oxygen atoms in total. The molecular weight excluding hydrogens is 198 g/mol. The van der Waals surface area contributed by atoms with E-state index in [1.807, 2.05) is 7.11 Å². The van der Waals surface area contributed by atoms with E-state index < -0.39 is 0 Å². The number of hydrogen-bond acceptors (Lipinski definition) is 2. The minimum Gasteiger partial charge on any atom is -0.378 e. The highest BCUT2D eigenvalue weighted by Gasteiger charge is 2.38. The first-order valence-corrected chi connectivity index (χ1v) is 6.03. The van der Waals surface area contributed by atoms with Crippen LogP contribution in [0, 0.1) is 6.92 Å². The fraction of sp³-hybridized carbons (Fsp3) is 0.571. The van der Waals surface area contributed by atoms with Crippen LogP contribution in [0.2, 0.25) is 0 Å². The highest BCUT2D eigenvalue weighted by atomic mass is 16.5. The molecule has 2 heteroatoms. The third-order valence-corrected chi connectivity index (χ3v) is 3.88. The second-order valence-corrected chi connectivity index (χ2v) is 4.91. The van der Waals surface area contributed by atoms with Gasteiger partial charge in [-0.3, -0.25) is 0 Å². The number of aryl methyl sites for hydroxylation is 1. The van der Waals surface area contributed by atoms with E-state index in [9.17, 15) is 0 Å². The van der Waals surface area contributed by atoms with Crippen molar-refractivity contribution < 1.29 is 4.74 Å². The van der Waals surface area contributed by atoms with E-state index in [0.29, 0.717) is 0 Å². The molecule has 1 fully saturated rings. The monoisotopic (exact) mass is 219 g/mol. The molecule has 0 radical (unpaired) electrons. The van der Waals surface area contributed by atoms with Gasteiger partial charge in [0.15, 0.2) is 0 Å². The topological polar surface area (TPSA) is 35.2 Å². The van der Waals surface area contributed by atoms with E-state index in [-0.39, 0.29) is 11.6 Å². The second kappa shape index (κ2) is 4.56. The van der Waals surface area contributed by atoms with Gasteiger partial charge in [-0.25, -0.2) is 0 Å². The van der Waals surface area contributed by atoms with E-state index in [4.69, 9.17) is 10.5 Å². The minimum absolute atomic E-state index is 0.0572. The van der Waals surface area contributed by atoms with Crippen LogP contribution in [0.4, 0.5) is 0 Å². The van der Waals surface area contributed by atoms with Gasteiger partial charge < -0.3 is 10.5 Å². The molecular formula is C14H21NO. The maximum Gasteiger partial charge on any atom is 0.0696 e. The van der Waals surface area contributed by atoms with Crippen molar-refractivity contribution in [1.82, 2.24) is 0 Å². The zero-order chi connectivity index (χ0) is 11.6. The summed E-state index contributed by atoms with van der Waals surface area (Å²) in [6, 6.07) is 8.46. The molecule has 0 spiro atoms. The van der Waals surface area contributed by atoms with Crippen molar-refractivity contribution in [2.24, 2.45) is 5.73 Å². The first-order chi connectivity index (χ1) is 7.67. The Morgan fingerprint density at radius 1 is 1.38 bits per heavy atom. The Hall–Kier alpha value is -0.860. The maximum atomic E-state index is 6.29. The Balaban J connectivity index is 2.08. The highest BCUT2D eigenvalue weighted by molar-refractivity contribution is 5.28. The summed E-state index contributed by atoms with van der Waals surface area (Å²) in [5, 5.41) is 0. The normalized spacial score (nSPS) is 20.2. The zero-order valence-corrected chi connectivity index (χ0v) is 10.2. The van der Waals surface area contributed by atoms with Gasteiger partial charge in [0.25, 0.3) is 0 Å². The third kappa shape index (κ3) is 2.13. The number of rotatable bonds is 4. The van der Waals surface area contributed by atoms with Crippen LogP contribution >= 0.6 is 0 Å². The van der Waals surface area contributed by atoms with Crippen molar-refractivity contribution in [1.29, 1.82) is 0 Å². The van der Waals surface area contributed by atoms with Crippen LogP contribution in [-0.2, 0) is 4.74 Å². The third-order valence-electron chi connectivity index (χ3n) is 3.88. The van der Waals surface area contributed by atoms with Crippen LogP contribution in [-0.4, -0.2) is 12.7 Å². The van der Waals surface area contributed by atoms with E-state index in [1.165, 1.54) is 17.5 Å². The molecule has 16 heavy (non-hydrogen) atoms. The Labute approximate surface area is 97.8 Å². The Morgan fingerprint density at radius 2 is 2.06 bits per heavy atom. The number of hydrogen-bond donors (Lipinski definition) is 1. The van der Waals surface area contributed by atoms with Crippen molar-refractivity contribution in [3.05, 3.63) is 35.4 Å². The van der Waals surface area contributed by atoms with Gasteiger partial charge in [-0.05, 0) is 43.7 Å². The number of ether oxygens (including phenoxy) is 1. The largest absolute Gasteiger partial charge is 0.378 e. The van der Waals surface area contributed by atoms with E-state index in [1.54, 1.807) is 0 Å². The molecule has 0 aromatic heterocycles. The first-order valence-electron chi connectivity index (χ1n) is 6.03. The van der Waals surface area contributed by atoms with Gasteiger partial charge in [-0.15, -0.1) is 0 Å².